The zero-order valence-electron chi connectivity index (χ0n) is 10.2. The standard InChI is InChI=1S/C11H13N3O4Se/c1-6-3-14(11(17)13-10(6)16)9-2-7(12-5-19)8(4-15)18-9/h3,7-9,15H,2,4H2,1H3,(H,13,16,17)/t7-,8+,9+/m0/s1. The Bertz CT molecular complexity index is 632. The Balaban J connectivity index is 2.34. The number of aliphatic hydroxyl groups is 1. The first kappa shape index (κ1) is 14.1. The molecule has 2 N–H and O–H groups in total. The van der Waals surface area contributed by atoms with Gasteiger partial charge >= 0.3 is 116 Å². The minimum absolute atomic E-state index is 0.191. The summed E-state index contributed by atoms with van der Waals surface area (Å²) >= 11 is 2.53. The molecular formula is C11H13N3O4Se. The van der Waals surface area contributed by atoms with Crippen molar-refractivity contribution in [3.8, 4) is 0 Å². The molecule has 0 amide bonds. The molecule has 8 heteroatoms. The fourth-order valence-electron chi connectivity index (χ4n) is 2.05. The van der Waals surface area contributed by atoms with E-state index in [2.05, 4.69) is 30.3 Å². The van der Waals surface area contributed by atoms with E-state index < -0.39 is 23.6 Å². The Morgan fingerprint density at radius 3 is 3.05 bits per heavy atom. The maximum absolute atomic E-state index is 11.8. The molecular weight excluding hydrogens is 317 g/mol. The third-order valence-electron chi connectivity index (χ3n) is 3.06. The van der Waals surface area contributed by atoms with Crippen molar-refractivity contribution in [2.75, 3.05) is 6.61 Å². The topological polar surface area (TPSA) is 96.7 Å². The fraction of sp³-hybridized carbons (Fsp3) is 0.545. The van der Waals surface area contributed by atoms with Crippen molar-refractivity contribution in [3.05, 3.63) is 32.6 Å². The number of rotatable bonds is 3. The second-order valence-electron chi connectivity index (χ2n) is 4.31. The molecule has 1 saturated heterocycles. The molecule has 0 aromatic carbocycles. The van der Waals surface area contributed by atoms with E-state index in [9.17, 15) is 14.7 Å². The number of aromatic amines is 1. The van der Waals surface area contributed by atoms with Crippen LogP contribution in [0.2, 0.25) is 0 Å². The summed E-state index contributed by atoms with van der Waals surface area (Å²) in [5, 5.41) is 9.23. The number of aromatic nitrogens is 2. The van der Waals surface area contributed by atoms with Crippen LogP contribution in [0.5, 0.6) is 0 Å². The van der Waals surface area contributed by atoms with Crippen molar-refractivity contribution in [3.63, 3.8) is 0 Å². The summed E-state index contributed by atoms with van der Waals surface area (Å²) in [5.41, 5.74) is -0.524. The molecule has 1 aliphatic rings. The van der Waals surface area contributed by atoms with E-state index in [0.29, 0.717) is 12.0 Å². The van der Waals surface area contributed by atoms with Crippen molar-refractivity contribution in [1.29, 1.82) is 0 Å². The number of aliphatic imine (C=N–C) groups is 1. The first-order valence-corrected chi connectivity index (χ1v) is 6.58. The predicted molar refractivity (Wildman–Crippen MR) is 68.6 cm³/mol. The van der Waals surface area contributed by atoms with Gasteiger partial charge in [-0.25, -0.2) is 0 Å². The summed E-state index contributed by atoms with van der Waals surface area (Å²) in [5.74, 6) is 0. The number of ether oxygens (including phenoxy) is 1. The Morgan fingerprint density at radius 2 is 2.42 bits per heavy atom. The Labute approximate surface area is 116 Å². The molecule has 0 aliphatic carbocycles. The average Bonchev–Trinajstić information content (AvgIpc) is 2.77. The Morgan fingerprint density at radius 1 is 1.68 bits per heavy atom. The van der Waals surface area contributed by atoms with Gasteiger partial charge in [0.1, 0.15) is 0 Å². The Kier molecular flexibility index (Phi) is 4.29. The third kappa shape index (κ3) is 2.83. The first-order chi connectivity index (χ1) is 9.06. The molecule has 1 aromatic heterocycles. The van der Waals surface area contributed by atoms with Gasteiger partial charge in [-0.15, -0.1) is 0 Å². The molecule has 102 valence electrons. The van der Waals surface area contributed by atoms with Crippen LogP contribution < -0.4 is 11.2 Å². The molecule has 19 heavy (non-hydrogen) atoms. The van der Waals surface area contributed by atoms with Gasteiger partial charge in [0.25, 0.3) is 0 Å². The molecule has 1 aliphatic heterocycles. The quantitative estimate of drug-likeness (QED) is 0.524. The summed E-state index contributed by atoms with van der Waals surface area (Å²) in [7, 11) is 0. The number of aryl methyl sites for hydroxylation is 1. The zero-order valence-corrected chi connectivity index (χ0v) is 11.9. The predicted octanol–water partition coefficient (Wildman–Crippen LogP) is -1.43. The van der Waals surface area contributed by atoms with Crippen LogP contribution in [-0.2, 0) is 4.74 Å². The van der Waals surface area contributed by atoms with E-state index in [1.54, 1.807) is 6.92 Å². The fourth-order valence-corrected chi connectivity index (χ4v) is 2.34. The van der Waals surface area contributed by atoms with Crippen LogP contribution >= 0.6 is 0 Å². The van der Waals surface area contributed by atoms with Gasteiger partial charge in [-0.3, -0.25) is 0 Å². The van der Waals surface area contributed by atoms with Gasteiger partial charge in [-0.05, 0) is 0 Å². The second kappa shape index (κ2) is 5.77. The van der Waals surface area contributed by atoms with Crippen LogP contribution in [0, 0.1) is 6.92 Å². The van der Waals surface area contributed by atoms with Crippen LogP contribution in [0.25, 0.3) is 0 Å². The van der Waals surface area contributed by atoms with Crippen LogP contribution in [0.15, 0.2) is 20.8 Å². The van der Waals surface area contributed by atoms with Crippen molar-refractivity contribution >= 4 is 20.3 Å². The summed E-state index contributed by atoms with van der Waals surface area (Å²) in [6.45, 7) is 1.42. The molecule has 0 bridgehead atoms. The summed E-state index contributed by atoms with van der Waals surface area (Å²) in [4.78, 5) is 29.3. The van der Waals surface area contributed by atoms with Crippen molar-refractivity contribution in [2.45, 2.75) is 31.7 Å². The number of hydrogen-bond donors (Lipinski definition) is 2. The second-order valence-corrected chi connectivity index (χ2v) is 4.70. The van der Waals surface area contributed by atoms with E-state index in [-0.39, 0.29) is 12.6 Å². The van der Waals surface area contributed by atoms with Gasteiger partial charge in [-0.2, -0.15) is 0 Å². The monoisotopic (exact) mass is 331 g/mol. The normalized spacial score (nSPS) is 26.1. The molecule has 2 heterocycles. The minimum atomic E-state index is -0.553. The summed E-state index contributed by atoms with van der Waals surface area (Å²) in [6.07, 6.45) is 0.853. The van der Waals surface area contributed by atoms with Crippen LogP contribution in [0.3, 0.4) is 0 Å². The first-order valence-electron chi connectivity index (χ1n) is 5.72. The van der Waals surface area contributed by atoms with Gasteiger partial charge in [0.05, 0.1) is 0 Å². The van der Waals surface area contributed by atoms with Crippen LogP contribution in [0.1, 0.15) is 18.2 Å². The number of aliphatic hydroxyl groups excluding tert-OH is 1. The molecule has 2 rings (SSSR count). The van der Waals surface area contributed by atoms with Gasteiger partial charge < -0.3 is 0 Å². The molecule has 0 unspecified atom stereocenters. The van der Waals surface area contributed by atoms with E-state index in [4.69, 9.17) is 4.74 Å². The average molecular weight is 330 g/mol. The number of hydrogen-bond acceptors (Lipinski definition) is 5. The van der Waals surface area contributed by atoms with E-state index >= 15 is 0 Å². The summed E-state index contributed by atoms with van der Waals surface area (Å²) in [6, 6.07) is -0.268. The zero-order chi connectivity index (χ0) is 14.0. The number of H-pyrrole nitrogens is 1. The van der Waals surface area contributed by atoms with E-state index in [0.717, 1.165) is 0 Å². The van der Waals surface area contributed by atoms with E-state index in [1.807, 2.05) is 0 Å². The molecule has 0 saturated carbocycles. The molecule has 3 atom stereocenters. The molecule has 0 spiro atoms. The van der Waals surface area contributed by atoms with Gasteiger partial charge in [0.2, 0.25) is 0 Å². The van der Waals surface area contributed by atoms with Gasteiger partial charge in [0.15, 0.2) is 0 Å². The van der Waals surface area contributed by atoms with Gasteiger partial charge in [-0.1, -0.05) is 0 Å². The summed E-state index contributed by atoms with van der Waals surface area (Å²) < 4.78 is 9.44. The van der Waals surface area contributed by atoms with E-state index in [1.165, 1.54) is 10.8 Å². The number of nitrogens with zero attached hydrogens (tertiary/aromatic N) is 2. The maximum atomic E-state index is 11.8. The number of nitrogens with one attached hydrogen (secondary N) is 1. The molecule has 1 aromatic rings. The third-order valence-corrected chi connectivity index (χ3v) is 3.28. The van der Waals surface area contributed by atoms with Crippen molar-refractivity contribution in [1.82, 2.24) is 9.55 Å². The SMILES string of the molecule is Cc1cn([C@H]2C[C@H](N=C=[Se])[C@@H](CO)O2)c(=O)[nH]c1=O. The van der Waals surface area contributed by atoms with Crippen LogP contribution in [0.4, 0.5) is 0 Å². The molecule has 1 fully saturated rings. The molecule has 7 nitrogen and oxygen atoms in total. The van der Waals surface area contributed by atoms with Crippen molar-refractivity contribution < 1.29 is 9.84 Å². The van der Waals surface area contributed by atoms with Crippen LogP contribution in [-0.4, -0.2) is 53.7 Å². The van der Waals surface area contributed by atoms with Crippen molar-refractivity contribution in [2.24, 2.45) is 4.99 Å². The Hall–Kier alpha value is -1.30. The molecule has 0 radical (unpaired) electrons. The van der Waals surface area contributed by atoms with Gasteiger partial charge in [0, 0.05) is 0 Å².